The Hall–Kier alpha value is -1.38. The van der Waals surface area contributed by atoms with E-state index in [2.05, 4.69) is 4.90 Å². The average Bonchev–Trinajstić information content (AvgIpc) is 3.13. The van der Waals surface area contributed by atoms with Gasteiger partial charge in [-0.3, -0.25) is 4.79 Å². The van der Waals surface area contributed by atoms with Crippen LogP contribution in [0.4, 0.5) is 4.39 Å². The van der Waals surface area contributed by atoms with Gasteiger partial charge in [0.05, 0.1) is 0 Å². The van der Waals surface area contributed by atoms with Crippen LogP contribution in [0.3, 0.4) is 0 Å². The number of amides is 1. The normalized spacial score (nSPS) is 19.2. The molecule has 0 bridgehead atoms. The van der Waals surface area contributed by atoms with Crippen molar-refractivity contribution in [3.63, 3.8) is 0 Å². The zero-order chi connectivity index (χ0) is 13.9. The number of hydrogen-bond acceptors (Lipinski definition) is 1. The van der Waals surface area contributed by atoms with Crippen molar-refractivity contribution < 1.29 is 9.18 Å². The Labute approximate surface area is 120 Å². The molecule has 2 saturated carbocycles. The third-order valence-corrected chi connectivity index (χ3v) is 4.51. The highest BCUT2D eigenvalue weighted by molar-refractivity contribution is 5.77. The third-order valence-electron chi connectivity index (χ3n) is 4.51. The molecular weight excluding hydrogens is 253 g/mol. The maximum atomic E-state index is 13.6. The number of aryl methyl sites for hydroxylation is 1. The van der Waals surface area contributed by atoms with Gasteiger partial charge in [-0.1, -0.05) is 31.0 Å². The summed E-state index contributed by atoms with van der Waals surface area (Å²) >= 11 is 0. The lowest BCUT2D eigenvalue weighted by atomic mass is 10.1. The second kappa shape index (κ2) is 5.94. The monoisotopic (exact) mass is 275 g/mol. The number of rotatable bonds is 5. The summed E-state index contributed by atoms with van der Waals surface area (Å²) in [7, 11) is 0. The first kappa shape index (κ1) is 13.6. The molecule has 2 aliphatic rings. The molecule has 1 amide bonds. The molecule has 2 aliphatic carbocycles. The van der Waals surface area contributed by atoms with E-state index in [1.54, 1.807) is 12.1 Å². The summed E-state index contributed by atoms with van der Waals surface area (Å²) in [5, 5.41) is 0. The minimum absolute atomic E-state index is 0.195. The van der Waals surface area contributed by atoms with Gasteiger partial charge in [0.25, 0.3) is 0 Å². The maximum absolute atomic E-state index is 13.6. The first-order chi connectivity index (χ1) is 9.75. The van der Waals surface area contributed by atoms with Gasteiger partial charge in [-0.15, -0.1) is 0 Å². The van der Waals surface area contributed by atoms with Crippen LogP contribution in [0.5, 0.6) is 0 Å². The predicted molar refractivity (Wildman–Crippen MR) is 76.8 cm³/mol. The molecule has 20 heavy (non-hydrogen) atoms. The molecule has 0 aromatic heterocycles. The van der Waals surface area contributed by atoms with E-state index in [9.17, 15) is 9.18 Å². The lowest BCUT2D eigenvalue weighted by molar-refractivity contribution is -0.134. The van der Waals surface area contributed by atoms with Gasteiger partial charge in [-0.25, -0.2) is 4.39 Å². The number of nitrogens with zero attached hydrogens (tertiary/aromatic N) is 1. The van der Waals surface area contributed by atoms with Crippen molar-refractivity contribution >= 4 is 5.91 Å². The van der Waals surface area contributed by atoms with E-state index in [-0.39, 0.29) is 11.7 Å². The molecule has 3 heteroatoms. The van der Waals surface area contributed by atoms with Gasteiger partial charge in [0.15, 0.2) is 0 Å². The number of carbonyl (C=O) groups is 1. The molecule has 0 N–H and O–H groups in total. The van der Waals surface area contributed by atoms with Gasteiger partial charge in [0.2, 0.25) is 5.91 Å². The molecule has 108 valence electrons. The summed E-state index contributed by atoms with van der Waals surface area (Å²) < 4.78 is 13.6. The molecule has 0 unspecified atom stereocenters. The molecular formula is C17H22FNO. The molecule has 0 radical (unpaired) electrons. The lowest BCUT2D eigenvalue weighted by Gasteiger charge is -2.29. The van der Waals surface area contributed by atoms with Crippen molar-refractivity contribution in [2.24, 2.45) is 0 Å². The Kier molecular flexibility index (Phi) is 4.04. The van der Waals surface area contributed by atoms with E-state index in [0.717, 1.165) is 25.7 Å². The summed E-state index contributed by atoms with van der Waals surface area (Å²) in [5.41, 5.74) is 0.656. The fourth-order valence-corrected chi connectivity index (χ4v) is 3.31. The van der Waals surface area contributed by atoms with Crippen LogP contribution in [-0.4, -0.2) is 22.9 Å². The summed E-state index contributed by atoms with van der Waals surface area (Å²) in [6.45, 7) is 0. The third kappa shape index (κ3) is 3.02. The highest BCUT2D eigenvalue weighted by atomic mass is 19.1. The molecule has 2 fully saturated rings. The Bertz CT molecular complexity index is 478. The Morgan fingerprint density at radius 3 is 2.40 bits per heavy atom. The van der Waals surface area contributed by atoms with E-state index in [0.29, 0.717) is 30.5 Å². The van der Waals surface area contributed by atoms with Gasteiger partial charge >= 0.3 is 0 Å². The fraction of sp³-hybridized carbons (Fsp3) is 0.588. The molecule has 0 atom stereocenters. The SMILES string of the molecule is O=C(CCc1ccccc1F)N(C1CCCC1)C1CC1. The van der Waals surface area contributed by atoms with E-state index in [1.165, 1.54) is 18.9 Å². The van der Waals surface area contributed by atoms with Gasteiger partial charge in [0.1, 0.15) is 5.82 Å². The van der Waals surface area contributed by atoms with Crippen LogP contribution < -0.4 is 0 Å². The van der Waals surface area contributed by atoms with Crippen LogP contribution in [0.15, 0.2) is 24.3 Å². The molecule has 0 aliphatic heterocycles. The van der Waals surface area contributed by atoms with Crippen LogP contribution in [0, 0.1) is 5.82 Å². The first-order valence-electron chi connectivity index (χ1n) is 7.80. The zero-order valence-electron chi connectivity index (χ0n) is 11.9. The second-order valence-corrected chi connectivity index (χ2v) is 6.06. The Morgan fingerprint density at radius 1 is 1.10 bits per heavy atom. The van der Waals surface area contributed by atoms with Crippen LogP contribution in [0.25, 0.3) is 0 Å². The van der Waals surface area contributed by atoms with Gasteiger partial charge < -0.3 is 4.90 Å². The van der Waals surface area contributed by atoms with Crippen LogP contribution in [0.2, 0.25) is 0 Å². The molecule has 0 spiro atoms. The first-order valence-corrected chi connectivity index (χ1v) is 7.80. The van der Waals surface area contributed by atoms with Crippen molar-refractivity contribution in [3.05, 3.63) is 35.6 Å². The molecule has 1 aromatic carbocycles. The van der Waals surface area contributed by atoms with Crippen molar-refractivity contribution in [1.29, 1.82) is 0 Å². The standard InChI is InChI=1S/C17H22FNO/c18-16-8-4-1-5-13(16)9-12-17(20)19(15-10-11-15)14-6-2-3-7-14/h1,4-5,8,14-15H,2-3,6-7,9-12H2. The van der Waals surface area contributed by atoms with Crippen molar-refractivity contribution in [2.75, 3.05) is 0 Å². The quantitative estimate of drug-likeness (QED) is 0.802. The predicted octanol–water partition coefficient (Wildman–Crippen LogP) is 3.69. The minimum Gasteiger partial charge on any atom is -0.337 e. The Morgan fingerprint density at radius 2 is 1.75 bits per heavy atom. The molecule has 0 saturated heterocycles. The number of hydrogen-bond donors (Lipinski definition) is 0. The van der Waals surface area contributed by atoms with Crippen molar-refractivity contribution in [2.45, 2.75) is 63.5 Å². The number of benzene rings is 1. The van der Waals surface area contributed by atoms with E-state index >= 15 is 0 Å². The van der Waals surface area contributed by atoms with Gasteiger partial charge in [0, 0.05) is 18.5 Å². The average molecular weight is 275 g/mol. The molecule has 1 aromatic rings. The largest absolute Gasteiger partial charge is 0.337 e. The minimum atomic E-state index is -0.195. The second-order valence-electron chi connectivity index (χ2n) is 6.06. The maximum Gasteiger partial charge on any atom is 0.223 e. The molecule has 3 rings (SSSR count). The van der Waals surface area contributed by atoms with Crippen LogP contribution in [0.1, 0.15) is 50.5 Å². The smallest absolute Gasteiger partial charge is 0.223 e. The fourth-order valence-electron chi connectivity index (χ4n) is 3.31. The zero-order valence-corrected chi connectivity index (χ0v) is 11.9. The van der Waals surface area contributed by atoms with E-state index < -0.39 is 0 Å². The molecule has 2 nitrogen and oxygen atoms in total. The van der Waals surface area contributed by atoms with E-state index in [4.69, 9.17) is 0 Å². The van der Waals surface area contributed by atoms with Gasteiger partial charge in [-0.2, -0.15) is 0 Å². The van der Waals surface area contributed by atoms with E-state index in [1.807, 2.05) is 6.07 Å². The lowest BCUT2D eigenvalue weighted by Crippen LogP contribution is -2.40. The van der Waals surface area contributed by atoms with Crippen molar-refractivity contribution in [1.82, 2.24) is 4.90 Å². The highest BCUT2D eigenvalue weighted by Gasteiger charge is 2.37. The Balaban J connectivity index is 1.61. The number of carbonyl (C=O) groups excluding carboxylic acids is 1. The molecule has 0 heterocycles. The topological polar surface area (TPSA) is 20.3 Å². The summed E-state index contributed by atoms with van der Waals surface area (Å²) in [4.78, 5) is 14.6. The highest BCUT2D eigenvalue weighted by Crippen LogP contribution is 2.35. The number of halogens is 1. The summed E-state index contributed by atoms with van der Waals surface area (Å²) in [6.07, 6.45) is 8.06. The van der Waals surface area contributed by atoms with Crippen LogP contribution >= 0.6 is 0 Å². The van der Waals surface area contributed by atoms with Crippen molar-refractivity contribution in [3.8, 4) is 0 Å². The summed E-state index contributed by atoms with van der Waals surface area (Å²) in [5.74, 6) is 0.0294. The van der Waals surface area contributed by atoms with Gasteiger partial charge in [-0.05, 0) is 43.7 Å². The summed E-state index contributed by atoms with van der Waals surface area (Å²) in [6, 6.07) is 7.70. The van der Waals surface area contributed by atoms with Crippen LogP contribution in [-0.2, 0) is 11.2 Å².